The second-order valence-corrected chi connectivity index (χ2v) is 11.3. The zero-order chi connectivity index (χ0) is 21.7. The van der Waals surface area contributed by atoms with Crippen molar-refractivity contribution in [3.05, 3.63) is 12.2 Å². The first-order chi connectivity index (χ1) is 15.1. The molecular formula is C27H47NO3. The number of nitrogens with zero attached hydrogens (tertiary/aromatic N) is 1. The van der Waals surface area contributed by atoms with Gasteiger partial charge in [0.15, 0.2) is 0 Å². The Labute approximate surface area is 190 Å². The molecule has 0 spiro atoms. The number of hydrogen-bond acceptors (Lipinski definition) is 4. The van der Waals surface area contributed by atoms with Crippen molar-refractivity contribution in [2.75, 3.05) is 39.6 Å². The molecule has 0 radical (unpaired) electrons. The van der Waals surface area contributed by atoms with Crippen LogP contribution in [0.15, 0.2) is 12.2 Å². The molecule has 2 heterocycles. The number of piperidine rings is 1. The predicted octanol–water partition coefficient (Wildman–Crippen LogP) is 5.40. The molecule has 31 heavy (non-hydrogen) atoms. The molecule has 0 bridgehead atoms. The summed E-state index contributed by atoms with van der Waals surface area (Å²) in [6, 6.07) is 0. The Kier molecular flexibility index (Phi) is 8.52. The highest BCUT2D eigenvalue weighted by molar-refractivity contribution is 5.15. The van der Waals surface area contributed by atoms with E-state index in [-0.39, 0.29) is 0 Å². The maximum absolute atomic E-state index is 9.35. The number of fused-ring (bicyclic) bond motifs is 3. The van der Waals surface area contributed by atoms with Crippen molar-refractivity contribution in [2.24, 2.45) is 29.1 Å². The fraction of sp³-hybridized carbons (Fsp3) is 0.926. The summed E-state index contributed by atoms with van der Waals surface area (Å²) in [7, 11) is 0. The molecule has 0 aromatic carbocycles. The van der Waals surface area contributed by atoms with Crippen molar-refractivity contribution in [3.8, 4) is 0 Å². The maximum atomic E-state index is 9.35. The third-order valence-electron chi connectivity index (χ3n) is 9.50. The number of allylic oxidation sites excluding steroid dienone is 1. The van der Waals surface area contributed by atoms with Crippen LogP contribution in [0.1, 0.15) is 84.0 Å². The van der Waals surface area contributed by atoms with Gasteiger partial charge < -0.3 is 19.5 Å². The fourth-order valence-corrected chi connectivity index (χ4v) is 7.43. The number of rotatable bonds is 4. The summed E-state index contributed by atoms with van der Waals surface area (Å²) in [4.78, 5) is 2.62. The Bertz CT molecular complexity index is 561. The molecule has 0 aromatic heterocycles. The molecule has 178 valence electrons. The molecule has 2 saturated heterocycles. The lowest BCUT2D eigenvalue weighted by molar-refractivity contribution is -0.218. The molecule has 5 atom stereocenters. The van der Waals surface area contributed by atoms with Crippen LogP contribution < -0.4 is 0 Å². The number of aliphatic hydroxyl groups is 1. The van der Waals surface area contributed by atoms with Gasteiger partial charge in [-0.25, -0.2) is 0 Å². The van der Waals surface area contributed by atoms with Crippen LogP contribution in [0.2, 0.25) is 0 Å². The van der Waals surface area contributed by atoms with E-state index in [2.05, 4.69) is 18.4 Å². The normalized spacial score (nSPS) is 39.4. The van der Waals surface area contributed by atoms with Gasteiger partial charge >= 0.3 is 0 Å². The van der Waals surface area contributed by atoms with Crippen LogP contribution in [0.25, 0.3) is 0 Å². The third-order valence-corrected chi connectivity index (χ3v) is 9.50. The molecule has 4 nitrogen and oxygen atoms in total. The van der Waals surface area contributed by atoms with Crippen molar-refractivity contribution < 1.29 is 14.6 Å². The van der Waals surface area contributed by atoms with Crippen LogP contribution in [-0.2, 0) is 9.47 Å². The first-order valence-electron chi connectivity index (χ1n) is 13.3. The van der Waals surface area contributed by atoms with E-state index in [9.17, 15) is 5.11 Å². The summed E-state index contributed by atoms with van der Waals surface area (Å²) in [6.07, 6.45) is 16.4. The van der Waals surface area contributed by atoms with E-state index in [1.54, 1.807) is 0 Å². The highest BCUT2D eigenvalue weighted by Crippen LogP contribution is 2.58. The van der Waals surface area contributed by atoms with Crippen molar-refractivity contribution in [1.82, 2.24) is 4.90 Å². The summed E-state index contributed by atoms with van der Waals surface area (Å²) in [5.41, 5.74) is 1.86. The molecule has 3 saturated carbocycles. The van der Waals surface area contributed by atoms with Crippen molar-refractivity contribution in [3.63, 3.8) is 0 Å². The smallest absolute Gasteiger partial charge is 0.147 e. The molecule has 2 aliphatic heterocycles. The van der Waals surface area contributed by atoms with E-state index in [1.165, 1.54) is 76.3 Å². The van der Waals surface area contributed by atoms with Gasteiger partial charge in [-0.1, -0.05) is 51.2 Å². The monoisotopic (exact) mass is 433 g/mol. The molecule has 4 heteroatoms. The average molecular weight is 434 g/mol. The molecule has 1 N–H and O–H groups in total. The van der Waals surface area contributed by atoms with E-state index in [0.29, 0.717) is 42.7 Å². The first kappa shape index (κ1) is 23.7. The second kappa shape index (κ2) is 11.1. The minimum Gasteiger partial charge on any atom is -0.396 e. The van der Waals surface area contributed by atoms with E-state index >= 15 is 0 Å². The molecule has 3 aliphatic carbocycles. The first-order valence-corrected chi connectivity index (χ1v) is 13.3. The number of likely N-dealkylation sites (tertiary alicyclic amines) is 1. The van der Waals surface area contributed by atoms with Gasteiger partial charge in [0.1, 0.15) is 6.79 Å². The SMILES string of the molecule is C1CCCC1.C=C1CCC2C3COCOC3CCC2(C)C1CCN1CCC(CO)CC1. The van der Waals surface area contributed by atoms with Gasteiger partial charge in [0, 0.05) is 12.5 Å². The lowest BCUT2D eigenvalue weighted by Gasteiger charge is -2.57. The van der Waals surface area contributed by atoms with E-state index in [0.717, 1.165) is 38.5 Å². The van der Waals surface area contributed by atoms with Gasteiger partial charge in [-0.3, -0.25) is 0 Å². The van der Waals surface area contributed by atoms with Gasteiger partial charge in [-0.15, -0.1) is 0 Å². The summed E-state index contributed by atoms with van der Waals surface area (Å²) >= 11 is 0. The zero-order valence-electron chi connectivity index (χ0n) is 20.0. The quantitative estimate of drug-likeness (QED) is 0.603. The summed E-state index contributed by atoms with van der Waals surface area (Å²) < 4.78 is 11.6. The highest BCUT2D eigenvalue weighted by Gasteiger charge is 2.53. The van der Waals surface area contributed by atoms with Crippen LogP contribution in [0.5, 0.6) is 0 Å². The number of hydrogen-bond donors (Lipinski definition) is 1. The van der Waals surface area contributed by atoms with Crippen LogP contribution in [0.3, 0.4) is 0 Å². The maximum Gasteiger partial charge on any atom is 0.147 e. The van der Waals surface area contributed by atoms with Gasteiger partial charge in [0.2, 0.25) is 0 Å². The van der Waals surface area contributed by atoms with Crippen LogP contribution >= 0.6 is 0 Å². The Balaban J connectivity index is 0.000000407. The second-order valence-electron chi connectivity index (χ2n) is 11.3. The molecule has 0 amide bonds. The van der Waals surface area contributed by atoms with Gasteiger partial charge in [-0.05, 0) is 87.7 Å². The molecule has 5 aliphatic rings. The van der Waals surface area contributed by atoms with Crippen LogP contribution in [0.4, 0.5) is 0 Å². The zero-order valence-corrected chi connectivity index (χ0v) is 20.0. The lowest BCUT2D eigenvalue weighted by atomic mass is 9.50. The predicted molar refractivity (Wildman–Crippen MR) is 126 cm³/mol. The van der Waals surface area contributed by atoms with Gasteiger partial charge in [0.05, 0.1) is 12.7 Å². The van der Waals surface area contributed by atoms with Gasteiger partial charge in [-0.2, -0.15) is 0 Å². The molecular weight excluding hydrogens is 386 g/mol. The van der Waals surface area contributed by atoms with E-state index < -0.39 is 0 Å². The van der Waals surface area contributed by atoms with Crippen molar-refractivity contribution in [1.29, 1.82) is 0 Å². The van der Waals surface area contributed by atoms with Crippen LogP contribution in [0, 0.1) is 29.1 Å². The summed E-state index contributed by atoms with van der Waals surface area (Å²) in [6.45, 7) is 12.3. The van der Waals surface area contributed by atoms with Gasteiger partial charge in [0.25, 0.3) is 0 Å². The molecule has 0 aromatic rings. The van der Waals surface area contributed by atoms with E-state index in [4.69, 9.17) is 9.47 Å². The Morgan fingerprint density at radius 1 is 1.06 bits per heavy atom. The standard InChI is InChI=1S/C22H37NO3.C5H10/c1-16-3-4-20-18-14-25-15-26-21(18)5-9-22(20,2)19(16)8-12-23-10-6-17(13-24)7-11-23;1-2-4-5-3-1/h17-21,24H,1,3-15H2,2H3;1-5H2. The van der Waals surface area contributed by atoms with Crippen molar-refractivity contribution >= 4 is 0 Å². The third kappa shape index (κ3) is 5.57. The fourth-order valence-electron chi connectivity index (χ4n) is 7.43. The molecule has 5 unspecified atom stereocenters. The van der Waals surface area contributed by atoms with Crippen molar-refractivity contribution in [2.45, 2.75) is 90.1 Å². The highest BCUT2D eigenvalue weighted by atomic mass is 16.7. The summed E-state index contributed by atoms with van der Waals surface area (Å²) in [5.74, 6) is 2.47. The van der Waals surface area contributed by atoms with Crippen LogP contribution in [-0.4, -0.2) is 55.8 Å². The Morgan fingerprint density at radius 3 is 2.45 bits per heavy atom. The number of aliphatic hydroxyl groups excluding tert-OH is 1. The topological polar surface area (TPSA) is 41.9 Å². The molecule has 5 rings (SSSR count). The summed E-state index contributed by atoms with van der Waals surface area (Å²) in [5, 5.41) is 9.35. The Hall–Kier alpha value is -0.420. The average Bonchev–Trinajstić information content (AvgIpc) is 3.39. The minimum absolute atomic E-state index is 0.361. The number of ether oxygens (including phenoxy) is 2. The lowest BCUT2D eigenvalue weighted by Crippen LogP contribution is -2.54. The molecule has 5 fully saturated rings. The Morgan fingerprint density at radius 2 is 1.77 bits per heavy atom. The minimum atomic E-state index is 0.361. The van der Waals surface area contributed by atoms with E-state index in [1.807, 2.05) is 0 Å². The largest absolute Gasteiger partial charge is 0.396 e.